The number of quaternary nitrogens is 1. The van der Waals surface area contributed by atoms with Gasteiger partial charge in [0.25, 0.3) is 0 Å². The van der Waals surface area contributed by atoms with E-state index in [0.717, 1.165) is 10.5 Å². The first-order chi connectivity index (χ1) is 15.5. The highest BCUT2D eigenvalue weighted by atomic mass is 79.9. The molecular weight excluding hydrogens is 466 g/mol. The highest BCUT2D eigenvalue weighted by Crippen LogP contribution is 2.21. The van der Waals surface area contributed by atoms with Crippen LogP contribution in [-0.2, 0) is 0 Å². The van der Waals surface area contributed by atoms with Gasteiger partial charge in [-0.25, -0.2) is 0 Å². The maximum Gasteiger partial charge on any atom is 0.0884 e. The molecule has 0 rings (SSSR count). The quantitative estimate of drug-likeness (QED) is 0.0786. The Labute approximate surface area is 222 Å². The first-order valence-electron chi connectivity index (χ1n) is 15.3. The molecule has 0 aliphatic carbocycles. The van der Waals surface area contributed by atoms with Crippen molar-refractivity contribution in [1.29, 1.82) is 0 Å². The minimum atomic E-state index is 0. The van der Waals surface area contributed by atoms with E-state index >= 15 is 0 Å². The summed E-state index contributed by atoms with van der Waals surface area (Å²) < 4.78 is 1.16. The third kappa shape index (κ3) is 26.9. The summed E-state index contributed by atoms with van der Waals surface area (Å²) in [6.45, 7) is 4.61. The minimum Gasteiger partial charge on any atom is -1.00 e. The molecule has 0 aliphatic rings. The third-order valence-electron chi connectivity index (χ3n) is 7.63. The van der Waals surface area contributed by atoms with Gasteiger partial charge in [-0.15, -0.1) is 0 Å². The number of unbranched alkanes of at least 4 members (excludes halogenated alkanes) is 21. The average Bonchev–Trinajstić information content (AvgIpc) is 2.75. The molecule has 0 fully saturated rings. The van der Waals surface area contributed by atoms with Gasteiger partial charge in [0, 0.05) is 0 Å². The van der Waals surface area contributed by atoms with Gasteiger partial charge in [-0.1, -0.05) is 149 Å². The highest BCUT2D eigenvalue weighted by Gasteiger charge is 2.22. The maximum absolute atomic E-state index is 2.42. The Bertz CT molecular complexity index is 349. The predicted molar refractivity (Wildman–Crippen MR) is 149 cm³/mol. The van der Waals surface area contributed by atoms with Crippen LogP contribution < -0.4 is 17.0 Å². The van der Waals surface area contributed by atoms with Gasteiger partial charge in [-0.3, -0.25) is 0 Å². The van der Waals surface area contributed by atoms with Crippen LogP contribution in [0.15, 0.2) is 0 Å². The van der Waals surface area contributed by atoms with Gasteiger partial charge in [0.2, 0.25) is 0 Å². The molecule has 0 amide bonds. The van der Waals surface area contributed by atoms with Crippen molar-refractivity contribution in [2.45, 2.75) is 180 Å². The van der Waals surface area contributed by atoms with Crippen LogP contribution >= 0.6 is 0 Å². The Morgan fingerprint density at radius 1 is 0.364 bits per heavy atom. The van der Waals surface area contributed by atoms with E-state index in [1.165, 1.54) is 161 Å². The number of rotatable bonds is 26. The predicted octanol–water partition coefficient (Wildman–Crippen LogP) is 7.86. The molecule has 0 spiro atoms. The number of nitrogens with zero attached hydrogens (tertiary/aromatic N) is 1. The van der Waals surface area contributed by atoms with Gasteiger partial charge >= 0.3 is 0 Å². The summed E-state index contributed by atoms with van der Waals surface area (Å²) in [5.74, 6) is 0. The van der Waals surface area contributed by atoms with Crippen LogP contribution in [0, 0.1) is 0 Å². The third-order valence-corrected chi connectivity index (χ3v) is 7.63. The van der Waals surface area contributed by atoms with E-state index in [9.17, 15) is 0 Å². The van der Waals surface area contributed by atoms with Crippen LogP contribution in [-0.4, -0.2) is 31.7 Å². The highest BCUT2D eigenvalue weighted by molar-refractivity contribution is 4.60. The topological polar surface area (TPSA) is 0 Å². The van der Waals surface area contributed by atoms with Crippen molar-refractivity contribution in [2.24, 2.45) is 0 Å². The van der Waals surface area contributed by atoms with Crippen molar-refractivity contribution in [3.8, 4) is 0 Å². The number of halogens is 1. The van der Waals surface area contributed by atoms with Gasteiger partial charge in [-0.05, 0) is 25.7 Å². The fourth-order valence-electron chi connectivity index (χ4n) is 5.18. The molecule has 1 unspecified atom stereocenters. The average molecular weight is 533 g/mol. The molecule has 2 heteroatoms. The summed E-state index contributed by atoms with van der Waals surface area (Å²) >= 11 is 0. The molecule has 0 aliphatic heterocycles. The van der Waals surface area contributed by atoms with Gasteiger partial charge < -0.3 is 21.5 Å². The Balaban J connectivity index is 0. The molecule has 0 aromatic carbocycles. The molecule has 0 heterocycles. The SMILES string of the molecule is CCCCCCCCCCCCCCCC(CCCCCCCCCCCC)[N+](C)(C)C.[Br-]. The summed E-state index contributed by atoms with van der Waals surface area (Å²) in [6.07, 6.45) is 36.4. The molecule has 0 radical (unpaired) electrons. The number of hydrogen-bond acceptors (Lipinski definition) is 0. The van der Waals surface area contributed by atoms with Gasteiger partial charge in [0.05, 0.1) is 27.2 Å². The van der Waals surface area contributed by atoms with E-state index in [0.29, 0.717) is 0 Å². The van der Waals surface area contributed by atoms with E-state index in [4.69, 9.17) is 0 Å². The van der Waals surface area contributed by atoms with Crippen LogP contribution in [0.4, 0.5) is 0 Å². The van der Waals surface area contributed by atoms with Crippen molar-refractivity contribution in [2.75, 3.05) is 21.1 Å². The zero-order chi connectivity index (χ0) is 23.8. The number of hydrogen-bond donors (Lipinski definition) is 0. The largest absolute Gasteiger partial charge is 1.00 e. The molecule has 202 valence electrons. The first kappa shape index (κ1) is 35.6. The van der Waals surface area contributed by atoms with Crippen LogP contribution in [0.1, 0.15) is 174 Å². The lowest BCUT2D eigenvalue weighted by atomic mass is 9.97. The van der Waals surface area contributed by atoms with Crippen LogP contribution in [0.25, 0.3) is 0 Å². The Kier molecular flexibility index (Phi) is 29.2. The molecule has 1 atom stereocenters. The molecule has 1 nitrogen and oxygen atoms in total. The summed E-state index contributed by atoms with van der Waals surface area (Å²) in [5.41, 5.74) is 0. The summed E-state index contributed by atoms with van der Waals surface area (Å²) in [5, 5.41) is 0. The minimum absolute atomic E-state index is 0. The molecule has 0 bridgehead atoms. The second-order valence-electron chi connectivity index (χ2n) is 11.8. The van der Waals surface area contributed by atoms with Crippen molar-refractivity contribution >= 4 is 0 Å². The molecule has 0 saturated heterocycles. The molecule has 0 aromatic rings. The Hall–Kier alpha value is 0.440. The van der Waals surface area contributed by atoms with Crippen LogP contribution in [0.2, 0.25) is 0 Å². The molecule has 33 heavy (non-hydrogen) atoms. The van der Waals surface area contributed by atoms with E-state index < -0.39 is 0 Å². The van der Waals surface area contributed by atoms with E-state index in [1.54, 1.807) is 0 Å². The zero-order valence-electron chi connectivity index (χ0n) is 24.1. The second-order valence-corrected chi connectivity index (χ2v) is 11.8. The van der Waals surface area contributed by atoms with E-state index in [2.05, 4.69) is 35.0 Å². The smallest absolute Gasteiger partial charge is 0.0884 e. The van der Waals surface area contributed by atoms with Crippen LogP contribution in [0.5, 0.6) is 0 Å². The maximum atomic E-state index is 2.42. The molecular formula is C31H66BrN. The van der Waals surface area contributed by atoms with Crippen molar-refractivity contribution in [3.05, 3.63) is 0 Å². The standard InChI is InChI=1S/C31H66N.BrH/c1-6-8-10-12-14-16-18-19-20-22-24-26-28-30-31(32(3,4)5)29-27-25-23-21-17-15-13-11-9-7-2;/h31H,6-30H2,1-5H3;1H/q+1;/p-1. The van der Waals surface area contributed by atoms with Gasteiger partial charge in [0.1, 0.15) is 0 Å². The first-order valence-corrected chi connectivity index (χ1v) is 15.3. The monoisotopic (exact) mass is 531 g/mol. The Morgan fingerprint density at radius 3 is 0.788 bits per heavy atom. The summed E-state index contributed by atoms with van der Waals surface area (Å²) in [7, 11) is 7.26. The van der Waals surface area contributed by atoms with E-state index in [-0.39, 0.29) is 17.0 Å². The second kappa shape index (κ2) is 27.0. The normalized spacial score (nSPS) is 12.6. The van der Waals surface area contributed by atoms with Crippen molar-refractivity contribution < 1.29 is 21.5 Å². The Morgan fingerprint density at radius 2 is 0.576 bits per heavy atom. The van der Waals surface area contributed by atoms with E-state index in [1.807, 2.05) is 0 Å². The molecule has 0 saturated carbocycles. The van der Waals surface area contributed by atoms with Gasteiger partial charge in [0.15, 0.2) is 0 Å². The van der Waals surface area contributed by atoms with Crippen molar-refractivity contribution in [3.63, 3.8) is 0 Å². The lowest BCUT2D eigenvalue weighted by molar-refractivity contribution is -0.896. The fraction of sp³-hybridized carbons (Fsp3) is 1.00. The summed E-state index contributed by atoms with van der Waals surface area (Å²) in [6, 6.07) is 0.872. The molecule has 0 aromatic heterocycles. The van der Waals surface area contributed by atoms with Gasteiger partial charge in [-0.2, -0.15) is 0 Å². The van der Waals surface area contributed by atoms with Crippen molar-refractivity contribution in [1.82, 2.24) is 0 Å². The molecule has 0 N–H and O–H groups in total. The lowest BCUT2D eigenvalue weighted by Crippen LogP contribution is -3.00. The van der Waals surface area contributed by atoms with Crippen LogP contribution in [0.3, 0.4) is 0 Å². The lowest BCUT2D eigenvalue weighted by Gasteiger charge is -2.34. The zero-order valence-corrected chi connectivity index (χ0v) is 25.7. The summed E-state index contributed by atoms with van der Waals surface area (Å²) in [4.78, 5) is 0. The fourth-order valence-corrected chi connectivity index (χ4v) is 5.18.